The summed E-state index contributed by atoms with van der Waals surface area (Å²) in [4.78, 5) is 16.6. The van der Waals surface area contributed by atoms with Crippen molar-refractivity contribution in [3.05, 3.63) is 65.6 Å². The van der Waals surface area contributed by atoms with Gasteiger partial charge in [0, 0.05) is 18.7 Å². The summed E-state index contributed by atoms with van der Waals surface area (Å²) in [6, 6.07) is 9.08. The first-order valence-corrected chi connectivity index (χ1v) is 9.89. The molecular formula is C21H18F3N5O3. The molecule has 32 heavy (non-hydrogen) atoms. The quantitative estimate of drug-likeness (QED) is 0.638. The maximum atomic E-state index is 13.9. The van der Waals surface area contributed by atoms with Crippen LogP contribution in [0.2, 0.25) is 0 Å². The summed E-state index contributed by atoms with van der Waals surface area (Å²) in [5.41, 5.74) is 1.14. The first-order valence-electron chi connectivity index (χ1n) is 9.89. The van der Waals surface area contributed by atoms with E-state index in [1.54, 1.807) is 42.6 Å². The minimum atomic E-state index is -4.54. The number of aromatic nitrogens is 3. The van der Waals surface area contributed by atoms with Crippen molar-refractivity contribution in [2.75, 3.05) is 12.1 Å². The Balaban J connectivity index is 1.40. The Hall–Kier alpha value is -3.76. The number of hydrogen-bond acceptors (Lipinski definition) is 6. The molecule has 0 unspecified atom stereocenters. The topological polar surface area (TPSA) is 90.3 Å². The van der Waals surface area contributed by atoms with E-state index < -0.39 is 24.2 Å². The molecule has 0 bridgehead atoms. The lowest BCUT2D eigenvalue weighted by Gasteiger charge is -2.33. The van der Waals surface area contributed by atoms with Crippen molar-refractivity contribution in [1.82, 2.24) is 20.1 Å². The number of anilines is 1. The van der Waals surface area contributed by atoms with Crippen LogP contribution < -0.4 is 20.1 Å². The second kappa shape index (κ2) is 7.74. The summed E-state index contributed by atoms with van der Waals surface area (Å²) < 4.78 is 53.0. The lowest BCUT2D eigenvalue weighted by Crippen LogP contribution is -2.35. The number of carbonyl (C=O) groups is 1. The molecular weight excluding hydrogens is 427 g/mol. The van der Waals surface area contributed by atoms with E-state index in [1.807, 2.05) is 0 Å². The molecule has 11 heteroatoms. The summed E-state index contributed by atoms with van der Waals surface area (Å²) in [5.74, 6) is 0.569. The number of fused-ring (bicyclic) bond motifs is 2. The van der Waals surface area contributed by atoms with E-state index >= 15 is 0 Å². The number of nitrogens with one attached hydrogen (secondary N) is 2. The molecule has 2 aliphatic rings. The van der Waals surface area contributed by atoms with Gasteiger partial charge in [0.15, 0.2) is 23.2 Å². The number of hydrogen-bond donors (Lipinski definition) is 2. The predicted octanol–water partition coefficient (Wildman–Crippen LogP) is 3.60. The van der Waals surface area contributed by atoms with Gasteiger partial charge >= 0.3 is 6.18 Å². The Morgan fingerprint density at radius 2 is 2.03 bits per heavy atom. The van der Waals surface area contributed by atoms with Gasteiger partial charge in [-0.2, -0.15) is 18.3 Å². The van der Waals surface area contributed by atoms with E-state index in [9.17, 15) is 18.0 Å². The highest BCUT2D eigenvalue weighted by molar-refractivity contribution is 5.93. The number of rotatable bonds is 4. The fourth-order valence-corrected chi connectivity index (χ4v) is 3.80. The lowest BCUT2D eigenvalue weighted by atomic mass is 9.96. The van der Waals surface area contributed by atoms with Gasteiger partial charge in [0.25, 0.3) is 5.91 Å². The van der Waals surface area contributed by atoms with Gasteiger partial charge in [0.05, 0.1) is 18.3 Å². The number of ether oxygens (including phenoxy) is 2. The number of alkyl halides is 3. The van der Waals surface area contributed by atoms with E-state index in [1.165, 1.54) is 6.07 Å². The number of benzene rings is 1. The Bertz CT molecular complexity index is 1150. The Morgan fingerprint density at radius 1 is 1.19 bits per heavy atom. The van der Waals surface area contributed by atoms with Crippen LogP contribution in [0.3, 0.4) is 0 Å². The summed E-state index contributed by atoms with van der Waals surface area (Å²) in [6.45, 7) is 0.212. The lowest BCUT2D eigenvalue weighted by molar-refractivity contribution is -0.173. The first kappa shape index (κ1) is 20.2. The van der Waals surface area contributed by atoms with Crippen LogP contribution in [0.25, 0.3) is 0 Å². The van der Waals surface area contributed by atoms with Crippen LogP contribution >= 0.6 is 0 Å². The molecule has 0 spiro atoms. The molecule has 0 saturated heterocycles. The summed E-state index contributed by atoms with van der Waals surface area (Å²) in [5, 5.41) is 9.65. The van der Waals surface area contributed by atoms with E-state index in [2.05, 4.69) is 20.7 Å². The third-order valence-electron chi connectivity index (χ3n) is 5.38. The SMILES string of the molecule is O=C(NCc1ccccn1)c1cc2n(n1)[C@@H](C(F)(F)F)C[C@@H](c1ccc3c(c1)OCO3)N2. The first-order chi connectivity index (χ1) is 15.4. The Labute approximate surface area is 180 Å². The number of amides is 1. The van der Waals surface area contributed by atoms with Gasteiger partial charge in [-0.15, -0.1) is 0 Å². The zero-order chi connectivity index (χ0) is 22.3. The minimum Gasteiger partial charge on any atom is -0.454 e. The molecule has 2 aromatic heterocycles. The van der Waals surface area contributed by atoms with E-state index in [4.69, 9.17) is 9.47 Å². The number of halogens is 3. The van der Waals surface area contributed by atoms with Crippen molar-refractivity contribution in [3.63, 3.8) is 0 Å². The molecule has 0 saturated carbocycles. The van der Waals surface area contributed by atoms with Crippen molar-refractivity contribution in [2.24, 2.45) is 0 Å². The Kier molecular flexibility index (Phi) is 4.87. The molecule has 2 atom stereocenters. The van der Waals surface area contributed by atoms with Crippen LogP contribution in [0.5, 0.6) is 11.5 Å². The van der Waals surface area contributed by atoms with Gasteiger partial charge in [-0.3, -0.25) is 9.78 Å². The van der Waals surface area contributed by atoms with Crippen molar-refractivity contribution in [2.45, 2.75) is 31.2 Å². The predicted molar refractivity (Wildman–Crippen MR) is 106 cm³/mol. The molecule has 5 rings (SSSR count). The van der Waals surface area contributed by atoms with Gasteiger partial charge < -0.3 is 20.1 Å². The molecule has 0 aliphatic carbocycles. The third kappa shape index (κ3) is 3.81. The molecule has 0 radical (unpaired) electrons. The molecule has 8 nitrogen and oxygen atoms in total. The molecule has 166 valence electrons. The zero-order valence-corrected chi connectivity index (χ0v) is 16.6. The van der Waals surface area contributed by atoms with Crippen LogP contribution in [-0.4, -0.2) is 33.6 Å². The van der Waals surface area contributed by atoms with Crippen LogP contribution in [0.15, 0.2) is 48.7 Å². The number of pyridine rings is 1. The van der Waals surface area contributed by atoms with Crippen molar-refractivity contribution in [3.8, 4) is 11.5 Å². The smallest absolute Gasteiger partial charge is 0.410 e. The average molecular weight is 445 g/mol. The monoisotopic (exact) mass is 445 g/mol. The molecule has 2 aliphatic heterocycles. The van der Waals surface area contributed by atoms with Crippen LogP contribution in [0, 0.1) is 0 Å². The van der Waals surface area contributed by atoms with Crippen molar-refractivity contribution in [1.29, 1.82) is 0 Å². The second-order valence-electron chi connectivity index (χ2n) is 7.47. The highest BCUT2D eigenvalue weighted by atomic mass is 19.4. The summed E-state index contributed by atoms with van der Waals surface area (Å²) >= 11 is 0. The highest BCUT2D eigenvalue weighted by Crippen LogP contribution is 2.45. The van der Waals surface area contributed by atoms with E-state index in [0.29, 0.717) is 22.8 Å². The third-order valence-corrected chi connectivity index (χ3v) is 5.38. The molecule has 2 N–H and O–H groups in total. The fraction of sp³-hybridized carbons (Fsp3) is 0.286. The number of nitrogens with zero attached hydrogens (tertiary/aromatic N) is 3. The van der Waals surface area contributed by atoms with Gasteiger partial charge in [-0.05, 0) is 29.8 Å². The maximum absolute atomic E-state index is 13.9. The molecule has 1 aromatic carbocycles. The van der Waals surface area contributed by atoms with Crippen LogP contribution in [0.1, 0.15) is 40.3 Å². The van der Waals surface area contributed by atoms with Gasteiger partial charge in [0.1, 0.15) is 5.82 Å². The van der Waals surface area contributed by atoms with Gasteiger partial charge in [0.2, 0.25) is 6.79 Å². The molecule has 3 aromatic rings. The van der Waals surface area contributed by atoms with E-state index in [0.717, 1.165) is 4.68 Å². The van der Waals surface area contributed by atoms with Crippen LogP contribution in [0.4, 0.5) is 19.0 Å². The molecule has 4 heterocycles. The largest absolute Gasteiger partial charge is 0.454 e. The number of carbonyl (C=O) groups excluding carboxylic acids is 1. The summed E-state index contributed by atoms with van der Waals surface area (Å²) in [7, 11) is 0. The van der Waals surface area contributed by atoms with Crippen molar-refractivity contribution < 1.29 is 27.4 Å². The van der Waals surface area contributed by atoms with Crippen molar-refractivity contribution >= 4 is 11.7 Å². The maximum Gasteiger partial charge on any atom is 0.410 e. The van der Waals surface area contributed by atoms with E-state index in [-0.39, 0.29) is 31.3 Å². The average Bonchev–Trinajstić information content (AvgIpc) is 3.43. The van der Waals surface area contributed by atoms with Crippen LogP contribution in [-0.2, 0) is 6.54 Å². The second-order valence-corrected chi connectivity index (χ2v) is 7.47. The van der Waals surface area contributed by atoms with Gasteiger partial charge in [-0.1, -0.05) is 12.1 Å². The normalized spacial score (nSPS) is 19.2. The fourth-order valence-electron chi connectivity index (χ4n) is 3.80. The molecule has 0 fully saturated rings. The Morgan fingerprint density at radius 3 is 2.81 bits per heavy atom. The standard InChI is InChI=1S/C21H18F3N5O3/c22-21(23,24)18-8-14(12-4-5-16-17(7-12)32-11-31-16)27-19-9-15(28-29(18)19)20(30)26-10-13-3-1-2-6-25-13/h1-7,9,14,18,27H,8,10-11H2,(H,26,30)/t14-,18+/m0/s1. The highest BCUT2D eigenvalue weighted by Gasteiger charge is 2.47. The zero-order valence-electron chi connectivity index (χ0n) is 16.6. The van der Waals surface area contributed by atoms with Gasteiger partial charge in [-0.25, -0.2) is 4.68 Å². The summed E-state index contributed by atoms with van der Waals surface area (Å²) in [6.07, 6.45) is -3.24. The minimum absolute atomic E-state index is 0.0752. The molecule has 1 amide bonds.